The van der Waals surface area contributed by atoms with Gasteiger partial charge in [0.15, 0.2) is 0 Å². The number of nitrogens with one attached hydrogen (secondary N) is 1. The third-order valence-electron chi connectivity index (χ3n) is 4.57. The van der Waals surface area contributed by atoms with Crippen LogP contribution in [0.4, 0.5) is 4.39 Å². The zero-order valence-electron chi connectivity index (χ0n) is 14.2. The predicted octanol–water partition coefficient (Wildman–Crippen LogP) is 2.64. The van der Waals surface area contributed by atoms with E-state index in [0.717, 1.165) is 30.8 Å². The van der Waals surface area contributed by atoms with Crippen molar-refractivity contribution in [3.05, 3.63) is 65.5 Å². The average molecular weight is 373 g/mol. The Bertz CT molecular complexity index is 899. The molecule has 1 aliphatic heterocycles. The van der Waals surface area contributed by atoms with Crippen molar-refractivity contribution in [3.8, 4) is 6.07 Å². The highest BCUT2D eigenvalue weighted by atomic mass is 32.2. The minimum absolute atomic E-state index is 0.0734. The quantitative estimate of drug-likeness (QED) is 0.874. The first-order valence-electron chi connectivity index (χ1n) is 8.46. The zero-order valence-corrected chi connectivity index (χ0v) is 15.0. The van der Waals surface area contributed by atoms with E-state index in [9.17, 15) is 18.1 Å². The summed E-state index contributed by atoms with van der Waals surface area (Å²) < 4.78 is 40.4. The Balaban J connectivity index is 1.57. The molecule has 3 rings (SSSR count). The van der Waals surface area contributed by atoms with Gasteiger partial charge in [0, 0.05) is 25.7 Å². The van der Waals surface area contributed by atoms with Crippen molar-refractivity contribution < 1.29 is 12.8 Å². The fourth-order valence-electron chi connectivity index (χ4n) is 3.12. The Morgan fingerprint density at radius 1 is 1.12 bits per heavy atom. The van der Waals surface area contributed by atoms with E-state index in [1.165, 1.54) is 12.1 Å². The third-order valence-corrected chi connectivity index (χ3v) is 6.10. The molecule has 1 saturated heterocycles. The average Bonchev–Trinajstić information content (AvgIpc) is 2.64. The second-order valence-corrected chi connectivity index (χ2v) is 8.11. The number of benzene rings is 2. The van der Waals surface area contributed by atoms with E-state index in [0.29, 0.717) is 24.9 Å². The van der Waals surface area contributed by atoms with Gasteiger partial charge in [-0.2, -0.15) is 5.26 Å². The van der Waals surface area contributed by atoms with E-state index < -0.39 is 15.8 Å². The van der Waals surface area contributed by atoms with Gasteiger partial charge in [-0.25, -0.2) is 17.5 Å². The van der Waals surface area contributed by atoms with Gasteiger partial charge in [0.2, 0.25) is 10.0 Å². The van der Waals surface area contributed by atoms with Gasteiger partial charge in [-0.1, -0.05) is 18.2 Å². The highest BCUT2D eigenvalue weighted by molar-refractivity contribution is 7.89. The first kappa shape index (κ1) is 18.5. The standard InChI is InChI=1S/C19H20FN3O2S/c20-17-5-7-19(8-6-17)26(24,25)22-18-9-11-23(12-10-18)14-16-4-2-1-3-15(16)13-21/h1-8,18,22H,9-12,14H2. The van der Waals surface area contributed by atoms with Gasteiger partial charge < -0.3 is 0 Å². The second-order valence-electron chi connectivity index (χ2n) is 6.39. The molecule has 26 heavy (non-hydrogen) atoms. The largest absolute Gasteiger partial charge is 0.299 e. The molecule has 2 aromatic rings. The summed E-state index contributed by atoms with van der Waals surface area (Å²) in [6.07, 6.45) is 1.38. The third kappa shape index (κ3) is 4.47. The number of piperidine rings is 1. The molecule has 1 heterocycles. The summed E-state index contributed by atoms with van der Waals surface area (Å²) >= 11 is 0. The monoisotopic (exact) mass is 373 g/mol. The van der Waals surface area contributed by atoms with Crippen LogP contribution in [0.1, 0.15) is 24.0 Å². The van der Waals surface area contributed by atoms with Crippen molar-refractivity contribution in [2.24, 2.45) is 0 Å². The van der Waals surface area contributed by atoms with Crippen LogP contribution in [0, 0.1) is 17.1 Å². The van der Waals surface area contributed by atoms with E-state index in [4.69, 9.17) is 0 Å². The number of nitriles is 1. The van der Waals surface area contributed by atoms with Gasteiger partial charge in [0.05, 0.1) is 16.5 Å². The lowest BCUT2D eigenvalue weighted by atomic mass is 10.0. The van der Waals surface area contributed by atoms with Crippen LogP contribution in [-0.4, -0.2) is 32.4 Å². The number of halogens is 1. The van der Waals surface area contributed by atoms with Gasteiger partial charge in [-0.3, -0.25) is 4.90 Å². The second kappa shape index (κ2) is 7.96. The first-order valence-corrected chi connectivity index (χ1v) is 9.94. The van der Waals surface area contributed by atoms with E-state index in [2.05, 4.69) is 15.7 Å². The lowest BCUT2D eigenvalue weighted by Crippen LogP contribution is -2.44. The minimum atomic E-state index is -3.64. The number of likely N-dealkylation sites (tertiary alicyclic amines) is 1. The summed E-state index contributed by atoms with van der Waals surface area (Å²) in [6, 6.07) is 14.4. The Kier molecular flexibility index (Phi) is 5.67. The van der Waals surface area contributed by atoms with E-state index >= 15 is 0 Å². The Labute approximate surface area is 153 Å². The van der Waals surface area contributed by atoms with E-state index in [1.54, 1.807) is 6.07 Å². The van der Waals surface area contributed by atoms with Crippen LogP contribution in [0.25, 0.3) is 0 Å². The van der Waals surface area contributed by atoms with Crippen LogP contribution in [0.3, 0.4) is 0 Å². The predicted molar refractivity (Wildman–Crippen MR) is 96.2 cm³/mol. The molecule has 0 bridgehead atoms. The first-order chi connectivity index (χ1) is 12.5. The van der Waals surface area contributed by atoms with Crippen LogP contribution in [0.15, 0.2) is 53.4 Å². The Morgan fingerprint density at radius 3 is 2.42 bits per heavy atom. The number of hydrogen-bond acceptors (Lipinski definition) is 4. The van der Waals surface area contributed by atoms with Gasteiger partial charge in [-0.05, 0) is 48.7 Å². The molecule has 1 N–H and O–H groups in total. The van der Waals surface area contributed by atoms with Gasteiger partial charge >= 0.3 is 0 Å². The van der Waals surface area contributed by atoms with E-state index in [1.807, 2.05) is 18.2 Å². The van der Waals surface area contributed by atoms with E-state index in [-0.39, 0.29) is 10.9 Å². The lowest BCUT2D eigenvalue weighted by Gasteiger charge is -2.32. The highest BCUT2D eigenvalue weighted by Gasteiger charge is 2.25. The number of rotatable bonds is 5. The van der Waals surface area contributed by atoms with Crippen molar-refractivity contribution in [2.75, 3.05) is 13.1 Å². The summed E-state index contributed by atoms with van der Waals surface area (Å²) in [5.74, 6) is -0.463. The molecule has 2 aromatic carbocycles. The van der Waals surface area contributed by atoms with Crippen molar-refractivity contribution >= 4 is 10.0 Å². The minimum Gasteiger partial charge on any atom is -0.299 e. The summed E-state index contributed by atoms with van der Waals surface area (Å²) in [5, 5.41) is 9.17. The molecule has 0 unspecified atom stereocenters. The number of sulfonamides is 1. The molecule has 0 radical (unpaired) electrons. The summed E-state index contributed by atoms with van der Waals surface area (Å²) in [6.45, 7) is 2.17. The molecule has 136 valence electrons. The fourth-order valence-corrected chi connectivity index (χ4v) is 4.42. The van der Waals surface area contributed by atoms with Gasteiger partial charge in [0.1, 0.15) is 5.82 Å². The molecule has 0 aliphatic carbocycles. The molecule has 1 aliphatic rings. The fraction of sp³-hybridized carbons (Fsp3) is 0.316. The van der Waals surface area contributed by atoms with Gasteiger partial charge in [0.25, 0.3) is 0 Å². The maximum atomic E-state index is 13.0. The number of hydrogen-bond donors (Lipinski definition) is 1. The van der Waals surface area contributed by atoms with Crippen LogP contribution < -0.4 is 4.72 Å². The zero-order chi connectivity index (χ0) is 18.6. The molecule has 0 spiro atoms. The molecule has 0 saturated carbocycles. The molecular weight excluding hydrogens is 353 g/mol. The molecular formula is C19H20FN3O2S. The smallest absolute Gasteiger partial charge is 0.240 e. The van der Waals surface area contributed by atoms with Crippen LogP contribution in [0.5, 0.6) is 0 Å². The van der Waals surface area contributed by atoms with Crippen LogP contribution in [0.2, 0.25) is 0 Å². The normalized spacial score (nSPS) is 16.3. The molecule has 0 aromatic heterocycles. The molecule has 7 heteroatoms. The Morgan fingerprint density at radius 2 is 1.77 bits per heavy atom. The molecule has 1 fully saturated rings. The Hall–Kier alpha value is -2.27. The highest BCUT2D eigenvalue weighted by Crippen LogP contribution is 2.18. The van der Waals surface area contributed by atoms with Crippen molar-refractivity contribution in [1.82, 2.24) is 9.62 Å². The van der Waals surface area contributed by atoms with Gasteiger partial charge in [-0.15, -0.1) is 0 Å². The van der Waals surface area contributed by atoms with Crippen molar-refractivity contribution in [3.63, 3.8) is 0 Å². The molecule has 5 nitrogen and oxygen atoms in total. The van der Waals surface area contributed by atoms with Crippen LogP contribution >= 0.6 is 0 Å². The molecule has 0 atom stereocenters. The lowest BCUT2D eigenvalue weighted by molar-refractivity contribution is 0.200. The summed E-state index contributed by atoms with van der Waals surface area (Å²) in [4.78, 5) is 2.29. The molecule has 0 amide bonds. The van der Waals surface area contributed by atoms with Crippen LogP contribution in [-0.2, 0) is 16.6 Å². The number of nitrogens with zero attached hydrogens (tertiary/aromatic N) is 2. The topological polar surface area (TPSA) is 73.2 Å². The maximum Gasteiger partial charge on any atom is 0.240 e. The van der Waals surface area contributed by atoms with Crippen molar-refractivity contribution in [1.29, 1.82) is 5.26 Å². The maximum absolute atomic E-state index is 13.0. The SMILES string of the molecule is N#Cc1ccccc1CN1CCC(NS(=O)(=O)c2ccc(F)cc2)CC1. The summed E-state index contributed by atoms with van der Waals surface area (Å²) in [7, 11) is -3.64. The van der Waals surface area contributed by atoms with Crippen molar-refractivity contribution in [2.45, 2.75) is 30.3 Å². The summed E-state index contributed by atoms with van der Waals surface area (Å²) in [5.41, 5.74) is 1.66.